The first-order chi connectivity index (χ1) is 40.5. The predicted molar refractivity (Wildman–Crippen MR) is 361 cm³/mol. The standard InChI is InChI=1S/C76H149NO5/c1-3-5-7-9-11-13-15-17-19-21-23-24-25-26-27-30-33-36-40-44-48-52-56-60-64-68-74(79)73(72-78)77-75(80)69-65-61-57-53-49-45-41-37-34-31-28-29-32-35-39-43-47-51-55-59-63-67-71-82-76(81)70-66-62-58-54-50-46-42-38-22-20-18-16-14-12-10-8-6-4-2/h31,34,73-74,78-79H,3-30,32-33,35-72H2,1-2H3,(H,77,80)/b34-31-. The van der Waals surface area contributed by atoms with E-state index in [2.05, 4.69) is 31.3 Å². The van der Waals surface area contributed by atoms with Crippen LogP contribution in [0.3, 0.4) is 0 Å². The molecule has 488 valence electrons. The molecule has 0 rings (SSSR count). The molecular formula is C76H149NO5. The first-order valence-corrected chi connectivity index (χ1v) is 37.9. The molecule has 3 N–H and O–H groups in total. The number of amides is 1. The lowest BCUT2D eigenvalue weighted by molar-refractivity contribution is -0.143. The molecule has 82 heavy (non-hydrogen) atoms. The van der Waals surface area contributed by atoms with Crippen LogP contribution in [0.1, 0.15) is 438 Å². The number of ether oxygens (including phenoxy) is 1. The molecule has 0 aromatic rings. The molecule has 0 saturated carbocycles. The van der Waals surface area contributed by atoms with Crippen molar-refractivity contribution in [3.63, 3.8) is 0 Å². The Labute approximate surface area is 514 Å². The van der Waals surface area contributed by atoms with Crippen molar-refractivity contribution in [2.75, 3.05) is 13.2 Å². The third kappa shape index (κ3) is 67.7. The summed E-state index contributed by atoms with van der Waals surface area (Å²) < 4.78 is 5.51. The normalized spacial score (nSPS) is 12.5. The van der Waals surface area contributed by atoms with Crippen LogP contribution in [0.15, 0.2) is 12.2 Å². The van der Waals surface area contributed by atoms with Crippen LogP contribution in [0, 0.1) is 0 Å². The van der Waals surface area contributed by atoms with Crippen molar-refractivity contribution in [3.8, 4) is 0 Å². The zero-order valence-corrected chi connectivity index (χ0v) is 56.0. The summed E-state index contributed by atoms with van der Waals surface area (Å²) in [6, 6.07) is -0.548. The second kappa shape index (κ2) is 72.1. The summed E-state index contributed by atoms with van der Waals surface area (Å²) in [7, 11) is 0. The van der Waals surface area contributed by atoms with Crippen molar-refractivity contribution in [3.05, 3.63) is 12.2 Å². The van der Waals surface area contributed by atoms with E-state index in [4.69, 9.17) is 4.74 Å². The van der Waals surface area contributed by atoms with Crippen LogP contribution in [0.4, 0.5) is 0 Å². The van der Waals surface area contributed by atoms with E-state index in [1.54, 1.807) is 0 Å². The van der Waals surface area contributed by atoms with Gasteiger partial charge in [0.05, 0.1) is 25.4 Å². The fourth-order valence-corrected chi connectivity index (χ4v) is 12.3. The van der Waals surface area contributed by atoms with E-state index < -0.39 is 12.1 Å². The second-order valence-electron chi connectivity index (χ2n) is 26.3. The Morgan fingerprint density at radius 2 is 0.573 bits per heavy atom. The van der Waals surface area contributed by atoms with Gasteiger partial charge in [-0.2, -0.15) is 0 Å². The van der Waals surface area contributed by atoms with Gasteiger partial charge in [0.25, 0.3) is 0 Å². The van der Waals surface area contributed by atoms with Gasteiger partial charge in [0.2, 0.25) is 5.91 Å². The molecule has 0 aliphatic carbocycles. The van der Waals surface area contributed by atoms with Crippen molar-refractivity contribution < 1.29 is 24.5 Å². The monoisotopic (exact) mass is 1160 g/mol. The molecule has 0 heterocycles. The number of unbranched alkanes of at least 4 members (excludes halogenated alkanes) is 59. The molecule has 0 spiro atoms. The van der Waals surface area contributed by atoms with Gasteiger partial charge in [0.1, 0.15) is 0 Å². The van der Waals surface area contributed by atoms with Gasteiger partial charge >= 0.3 is 5.97 Å². The van der Waals surface area contributed by atoms with Crippen LogP contribution in [0.5, 0.6) is 0 Å². The zero-order chi connectivity index (χ0) is 59.2. The minimum absolute atomic E-state index is 0.0159. The lowest BCUT2D eigenvalue weighted by Gasteiger charge is -2.22. The van der Waals surface area contributed by atoms with Crippen molar-refractivity contribution in [2.24, 2.45) is 0 Å². The minimum atomic E-state index is -0.670. The van der Waals surface area contributed by atoms with Gasteiger partial charge in [-0.1, -0.05) is 386 Å². The molecule has 0 bridgehead atoms. The summed E-state index contributed by atoms with van der Waals surface area (Å²) in [5, 5.41) is 23.5. The van der Waals surface area contributed by atoms with Crippen LogP contribution in [-0.2, 0) is 14.3 Å². The van der Waals surface area contributed by atoms with E-state index >= 15 is 0 Å². The highest BCUT2D eigenvalue weighted by molar-refractivity contribution is 5.76. The van der Waals surface area contributed by atoms with Crippen molar-refractivity contribution in [2.45, 2.75) is 450 Å². The van der Waals surface area contributed by atoms with Gasteiger partial charge in [-0.15, -0.1) is 0 Å². The van der Waals surface area contributed by atoms with E-state index in [1.165, 1.54) is 366 Å². The summed E-state index contributed by atoms with van der Waals surface area (Å²) in [6.45, 7) is 5.00. The van der Waals surface area contributed by atoms with E-state index in [9.17, 15) is 19.8 Å². The number of nitrogens with one attached hydrogen (secondary N) is 1. The van der Waals surface area contributed by atoms with Gasteiger partial charge in [-0.3, -0.25) is 9.59 Å². The third-order valence-electron chi connectivity index (χ3n) is 18.1. The molecule has 0 aliphatic rings. The third-order valence-corrected chi connectivity index (χ3v) is 18.1. The summed E-state index contributed by atoms with van der Waals surface area (Å²) in [6.07, 6.45) is 89.9. The Balaban J connectivity index is 3.39. The number of aliphatic hydroxyl groups is 2. The first kappa shape index (κ1) is 80.6. The highest BCUT2D eigenvalue weighted by Crippen LogP contribution is 2.20. The fourth-order valence-electron chi connectivity index (χ4n) is 12.3. The summed E-state index contributed by atoms with van der Waals surface area (Å²) in [4.78, 5) is 24.7. The van der Waals surface area contributed by atoms with Crippen molar-refractivity contribution >= 4 is 11.9 Å². The van der Waals surface area contributed by atoms with Crippen LogP contribution in [0.2, 0.25) is 0 Å². The van der Waals surface area contributed by atoms with Gasteiger partial charge in [-0.25, -0.2) is 0 Å². The number of carbonyl (C=O) groups is 2. The Morgan fingerprint density at radius 3 is 0.866 bits per heavy atom. The average Bonchev–Trinajstić information content (AvgIpc) is 3.48. The molecule has 6 nitrogen and oxygen atoms in total. The van der Waals surface area contributed by atoms with Crippen molar-refractivity contribution in [1.82, 2.24) is 5.32 Å². The number of hydrogen-bond acceptors (Lipinski definition) is 5. The summed E-state index contributed by atoms with van der Waals surface area (Å²) in [5.74, 6) is -0.0202. The topological polar surface area (TPSA) is 95.9 Å². The molecule has 0 saturated heterocycles. The largest absolute Gasteiger partial charge is 0.466 e. The highest BCUT2D eigenvalue weighted by atomic mass is 16.5. The molecule has 0 aromatic heterocycles. The number of esters is 1. The zero-order valence-electron chi connectivity index (χ0n) is 56.0. The Hall–Kier alpha value is -1.40. The van der Waals surface area contributed by atoms with E-state index in [0.29, 0.717) is 25.9 Å². The molecule has 0 aromatic carbocycles. The Kier molecular flexibility index (Phi) is 70.8. The average molecular weight is 1160 g/mol. The van der Waals surface area contributed by atoms with Crippen LogP contribution in [0.25, 0.3) is 0 Å². The second-order valence-corrected chi connectivity index (χ2v) is 26.3. The fraction of sp³-hybridized carbons (Fsp3) is 0.947. The quantitative estimate of drug-likeness (QED) is 0.0320. The van der Waals surface area contributed by atoms with Gasteiger partial charge in [0, 0.05) is 12.8 Å². The maximum Gasteiger partial charge on any atom is 0.305 e. The molecule has 0 fully saturated rings. The van der Waals surface area contributed by atoms with E-state index in [1.807, 2.05) is 0 Å². The molecule has 0 radical (unpaired) electrons. The molecule has 0 aliphatic heterocycles. The predicted octanol–water partition coefficient (Wildman–Crippen LogP) is 24.7. The molecule has 2 atom stereocenters. The summed E-state index contributed by atoms with van der Waals surface area (Å²) >= 11 is 0. The van der Waals surface area contributed by atoms with Gasteiger partial charge in [-0.05, 0) is 51.4 Å². The van der Waals surface area contributed by atoms with Crippen molar-refractivity contribution in [1.29, 1.82) is 0 Å². The van der Waals surface area contributed by atoms with Gasteiger partial charge < -0.3 is 20.3 Å². The number of carbonyl (C=O) groups excluding carboxylic acids is 2. The lowest BCUT2D eigenvalue weighted by Crippen LogP contribution is -2.45. The maximum atomic E-state index is 12.6. The lowest BCUT2D eigenvalue weighted by atomic mass is 10.0. The Morgan fingerprint density at radius 1 is 0.329 bits per heavy atom. The summed E-state index contributed by atoms with van der Waals surface area (Å²) in [5.41, 5.74) is 0. The molecule has 1 amide bonds. The molecular weight excluding hydrogens is 1010 g/mol. The number of hydrogen-bond donors (Lipinski definition) is 3. The maximum absolute atomic E-state index is 12.6. The smallest absolute Gasteiger partial charge is 0.305 e. The van der Waals surface area contributed by atoms with E-state index in [0.717, 1.165) is 38.5 Å². The number of aliphatic hydroxyl groups excluding tert-OH is 2. The Bertz CT molecular complexity index is 1240. The molecule has 6 heteroatoms. The first-order valence-electron chi connectivity index (χ1n) is 37.9. The SMILES string of the molecule is CCCCCCCCCCCCCCCCCCCCCCCCCCCC(O)C(CO)NC(=O)CCCCCCCCC/C=C\CCCCCCCCCCCCCOC(=O)CCCCCCCCCCCCCCCCCCCC. The van der Waals surface area contributed by atoms with E-state index in [-0.39, 0.29) is 18.5 Å². The highest BCUT2D eigenvalue weighted by Gasteiger charge is 2.20. The van der Waals surface area contributed by atoms with Crippen LogP contribution in [-0.4, -0.2) is 47.4 Å². The number of allylic oxidation sites excluding steroid dienone is 2. The van der Waals surface area contributed by atoms with Crippen LogP contribution >= 0.6 is 0 Å². The minimum Gasteiger partial charge on any atom is -0.466 e. The van der Waals surface area contributed by atoms with Gasteiger partial charge in [0.15, 0.2) is 0 Å². The number of rotatable bonds is 72. The van der Waals surface area contributed by atoms with Crippen LogP contribution < -0.4 is 5.32 Å². The molecule has 2 unspecified atom stereocenters.